The largest absolute Gasteiger partial charge is 0.392 e. The molecule has 1 unspecified atom stereocenters. The third-order valence-electron chi connectivity index (χ3n) is 2.33. The van der Waals surface area contributed by atoms with E-state index in [0.29, 0.717) is 12.3 Å². The summed E-state index contributed by atoms with van der Waals surface area (Å²) in [6.07, 6.45) is 4.72. The molecule has 1 fully saturated rings. The van der Waals surface area contributed by atoms with Crippen LogP contribution in [0.1, 0.15) is 25.7 Å². The van der Waals surface area contributed by atoms with Crippen molar-refractivity contribution in [1.82, 2.24) is 0 Å². The van der Waals surface area contributed by atoms with Gasteiger partial charge in [-0.05, 0) is 12.3 Å². The molecule has 4 heteroatoms. The Bertz CT molecular complexity index is 229. The van der Waals surface area contributed by atoms with E-state index in [1.54, 1.807) is 0 Å². The highest BCUT2D eigenvalue weighted by Gasteiger charge is 2.22. The first-order valence-electron chi connectivity index (χ1n) is 4.33. The third-order valence-corrected chi connectivity index (χ3v) is 3.32. The first-order chi connectivity index (χ1) is 5.47. The summed E-state index contributed by atoms with van der Waals surface area (Å²) in [6.45, 7) is 0. The SMILES string of the molecule is CS(=O)(=O)CC(O)CC1CCC1. The van der Waals surface area contributed by atoms with Crippen molar-refractivity contribution in [3.8, 4) is 0 Å². The Kier molecular flexibility index (Phi) is 3.12. The molecule has 0 bridgehead atoms. The average Bonchev–Trinajstić information content (AvgIpc) is 1.74. The summed E-state index contributed by atoms with van der Waals surface area (Å²) in [4.78, 5) is 0. The molecule has 0 radical (unpaired) electrons. The molecular formula is C8H16O3S. The van der Waals surface area contributed by atoms with E-state index in [2.05, 4.69) is 0 Å². The summed E-state index contributed by atoms with van der Waals surface area (Å²) in [7, 11) is -3.00. The minimum atomic E-state index is -3.00. The van der Waals surface area contributed by atoms with E-state index in [9.17, 15) is 13.5 Å². The smallest absolute Gasteiger partial charge is 0.149 e. The van der Waals surface area contributed by atoms with Crippen molar-refractivity contribution in [2.24, 2.45) is 5.92 Å². The van der Waals surface area contributed by atoms with Gasteiger partial charge in [0.25, 0.3) is 0 Å². The van der Waals surface area contributed by atoms with E-state index in [-0.39, 0.29) is 5.75 Å². The zero-order valence-electron chi connectivity index (χ0n) is 7.36. The number of rotatable bonds is 4. The minimum Gasteiger partial charge on any atom is -0.392 e. The van der Waals surface area contributed by atoms with Gasteiger partial charge in [-0.2, -0.15) is 0 Å². The molecule has 0 spiro atoms. The predicted octanol–water partition coefficient (Wildman–Crippen LogP) is 0.582. The van der Waals surface area contributed by atoms with Crippen molar-refractivity contribution >= 4 is 9.84 Å². The van der Waals surface area contributed by atoms with Crippen molar-refractivity contribution in [3.05, 3.63) is 0 Å². The Morgan fingerprint density at radius 3 is 2.42 bits per heavy atom. The molecule has 0 aliphatic heterocycles. The molecule has 0 amide bonds. The van der Waals surface area contributed by atoms with E-state index < -0.39 is 15.9 Å². The summed E-state index contributed by atoms with van der Waals surface area (Å²) >= 11 is 0. The molecule has 1 aliphatic rings. The molecule has 1 aliphatic carbocycles. The van der Waals surface area contributed by atoms with Gasteiger partial charge in [0.05, 0.1) is 11.9 Å². The normalized spacial score (nSPS) is 21.8. The lowest BCUT2D eigenvalue weighted by Gasteiger charge is -2.27. The van der Waals surface area contributed by atoms with Crippen LogP contribution in [0.25, 0.3) is 0 Å². The summed E-state index contributed by atoms with van der Waals surface area (Å²) in [5, 5.41) is 9.34. The van der Waals surface area contributed by atoms with Gasteiger partial charge < -0.3 is 5.11 Å². The van der Waals surface area contributed by atoms with Gasteiger partial charge >= 0.3 is 0 Å². The van der Waals surface area contributed by atoms with Crippen LogP contribution in [-0.4, -0.2) is 31.6 Å². The maximum absolute atomic E-state index is 10.8. The molecule has 1 saturated carbocycles. The number of aliphatic hydroxyl groups is 1. The summed E-state index contributed by atoms with van der Waals surface area (Å²) in [5.74, 6) is 0.491. The lowest BCUT2D eigenvalue weighted by atomic mass is 9.82. The fourth-order valence-corrected chi connectivity index (χ4v) is 2.37. The van der Waals surface area contributed by atoms with Crippen LogP contribution < -0.4 is 0 Å². The Morgan fingerprint density at radius 2 is 2.08 bits per heavy atom. The van der Waals surface area contributed by atoms with Gasteiger partial charge in [-0.25, -0.2) is 8.42 Å². The first kappa shape index (κ1) is 9.99. The van der Waals surface area contributed by atoms with Crippen molar-refractivity contribution in [3.63, 3.8) is 0 Å². The first-order valence-corrected chi connectivity index (χ1v) is 6.39. The van der Waals surface area contributed by atoms with Gasteiger partial charge in [0.1, 0.15) is 9.84 Å². The molecule has 72 valence electrons. The molecule has 12 heavy (non-hydrogen) atoms. The maximum Gasteiger partial charge on any atom is 0.149 e. The average molecular weight is 192 g/mol. The second-order valence-corrected chi connectivity index (χ2v) is 5.96. The summed E-state index contributed by atoms with van der Waals surface area (Å²) < 4.78 is 21.5. The summed E-state index contributed by atoms with van der Waals surface area (Å²) in [5.41, 5.74) is 0. The van der Waals surface area contributed by atoms with E-state index in [1.165, 1.54) is 6.42 Å². The molecule has 0 aromatic rings. The van der Waals surface area contributed by atoms with Crippen molar-refractivity contribution < 1.29 is 13.5 Å². The van der Waals surface area contributed by atoms with Gasteiger partial charge in [-0.1, -0.05) is 19.3 Å². The molecule has 3 nitrogen and oxygen atoms in total. The maximum atomic E-state index is 10.8. The highest BCUT2D eigenvalue weighted by molar-refractivity contribution is 7.90. The fraction of sp³-hybridized carbons (Fsp3) is 1.00. The lowest BCUT2D eigenvalue weighted by molar-refractivity contribution is 0.135. The Morgan fingerprint density at radius 1 is 1.50 bits per heavy atom. The van der Waals surface area contributed by atoms with Crippen LogP contribution in [0, 0.1) is 5.92 Å². The van der Waals surface area contributed by atoms with E-state index in [4.69, 9.17) is 0 Å². The highest BCUT2D eigenvalue weighted by atomic mass is 32.2. The molecule has 1 atom stereocenters. The van der Waals surface area contributed by atoms with E-state index in [0.717, 1.165) is 19.1 Å². The molecule has 0 aromatic carbocycles. The zero-order valence-corrected chi connectivity index (χ0v) is 8.18. The fourth-order valence-electron chi connectivity index (χ4n) is 1.53. The number of sulfone groups is 1. The molecule has 0 saturated heterocycles. The van der Waals surface area contributed by atoms with Crippen LogP contribution >= 0.6 is 0 Å². The van der Waals surface area contributed by atoms with Crippen LogP contribution in [-0.2, 0) is 9.84 Å². The van der Waals surface area contributed by atoms with Crippen LogP contribution in [0.4, 0.5) is 0 Å². The Labute approximate surface area is 73.7 Å². The zero-order chi connectivity index (χ0) is 9.19. The third kappa shape index (κ3) is 3.54. The van der Waals surface area contributed by atoms with Crippen LogP contribution in [0.5, 0.6) is 0 Å². The second-order valence-electron chi connectivity index (χ2n) is 3.78. The van der Waals surface area contributed by atoms with Gasteiger partial charge in [0, 0.05) is 6.26 Å². The lowest BCUT2D eigenvalue weighted by Crippen LogP contribution is -2.25. The molecule has 1 N–H and O–H groups in total. The van der Waals surface area contributed by atoms with Crippen LogP contribution in [0.15, 0.2) is 0 Å². The number of hydrogen-bond acceptors (Lipinski definition) is 3. The van der Waals surface area contributed by atoms with Crippen LogP contribution in [0.2, 0.25) is 0 Å². The Hall–Kier alpha value is -0.0900. The Balaban J connectivity index is 2.23. The van der Waals surface area contributed by atoms with E-state index in [1.807, 2.05) is 0 Å². The van der Waals surface area contributed by atoms with Crippen molar-refractivity contribution in [1.29, 1.82) is 0 Å². The molecular weight excluding hydrogens is 176 g/mol. The van der Waals surface area contributed by atoms with Gasteiger partial charge in [-0.15, -0.1) is 0 Å². The van der Waals surface area contributed by atoms with Gasteiger partial charge in [0.2, 0.25) is 0 Å². The predicted molar refractivity (Wildman–Crippen MR) is 47.7 cm³/mol. The monoisotopic (exact) mass is 192 g/mol. The van der Waals surface area contributed by atoms with Gasteiger partial charge in [0.15, 0.2) is 0 Å². The van der Waals surface area contributed by atoms with Gasteiger partial charge in [-0.3, -0.25) is 0 Å². The topological polar surface area (TPSA) is 54.4 Å². The standard InChI is InChI=1S/C8H16O3S/c1-12(10,11)6-8(9)5-7-3-2-4-7/h7-9H,2-6H2,1H3. The summed E-state index contributed by atoms with van der Waals surface area (Å²) in [6, 6.07) is 0. The van der Waals surface area contributed by atoms with Crippen molar-refractivity contribution in [2.45, 2.75) is 31.8 Å². The molecule has 1 rings (SSSR count). The number of hydrogen-bond donors (Lipinski definition) is 1. The van der Waals surface area contributed by atoms with E-state index >= 15 is 0 Å². The number of aliphatic hydroxyl groups excluding tert-OH is 1. The molecule has 0 aromatic heterocycles. The quantitative estimate of drug-likeness (QED) is 0.709. The minimum absolute atomic E-state index is 0.0799. The van der Waals surface area contributed by atoms with Crippen LogP contribution in [0.3, 0.4) is 0 Å². The highest BCUT2D eigenvalue weighted by Crippen LogP contribution is 2.30. The van der Waals surface area contributed by atoms with Crippen molar-refractivity contribution in [2.75, 3.05) is 12.0 Å². The second kappa shape index (κ2) is 3.75. The molecule has 0 heterocycles.